The Kier molecular flexibility index (Phi) is 7.13. The minimum Gasteiger partial charge on any atom is -0.339 e. The fourth-order valence-corrected chi connectivity index (χ4v) is 4.67. The smallest absolute Gasteiger partial charge is 0.241 e. The largest absolute Gasteiger partial charge is 0.339 e. The molecule has 1 aromatic carbocycles. The Morgan fingerprint density at radius 1 is 1.33 bits per heavy atom. The molecule has 1 aromatic rings. The Labute approximate surface area is 149 Å². The van der Waals surface area contributed by atoms with Crippen LogP contribution >= 0.6 is 11.8 Å². The van der Waals surface area contributed by atoms with Crippen LogP contribution in [0.5, 0.6) is 0 Å². The average molecular weight is 371 g/mol. The van der Waals surface area contributed by atoms with Crippen molar-refractivity contribution in [2.45, 2.75) is 49.6 Å². The average Bonchev–Trinajstić information content (AvgIpc) is 2.59. The number of piperidine rings is 1. The second kappa shape index (κ2) is 8.87. The minimum atomic E-state index is -3.70. The topological polar surface area (TPSA) is 66.5 Å². The molecule has 1 heterocycles. The molecule has 1 fully saturated rings. The van der Waals surface area contributed by atoms with E-state index in [0.29, 0.717) is 13.0 Å². The van der Waals surface area contributed by atoms with Crippen molar-refractivity contribution in [1.29, 1.82) is 0 Å². The molecule has 24 heavy (non-hydrogen) atoms. The molecule has 1 N–H and O–H groups in total. The highest BCUT2D eigenvalue weighted by molar-refractivity contribution is 7.98. The van der Waals surface area contributed by atoms with E-state index < -0.39 is 16.1 Å². The summed E-state index contributed by atoms with van der Waals surface area (Å²) in [6.45, 7) is 2.75. The fraction of sp³-hybridized carbons (Fsp3) is 0.588. The van der Waals surface area contributed by atoms with E-state index in [1.807, 2.05) is 18.1 Å². The first-order valence-corrected chi connectivity index (χ1v) is 11.2. The van der Waals surface area contributed by atoms with Crippen LogP contribution in [0.25, 0.3) is 0 Å². The molecule has 0 aliphatic carbocycles. The molecule has 0 aromatic heterocycles. The van der Waals surface area contributed by atoms with Gasteiger partial charge in [-0.25, -0.2) is 8.42 Å². The Morgan fingerprint density at radius 3 is 2.67 bits per heavy atom. The minimum absolute atomic E-state index is 0.101. The summed E-state index contributed by atoms with van der Waals surface area (Å²) in [4.78, 5) is 14.9. The van der Waals surface area contributed by atoms with E-state index in [1.165, 1.54) is 0 Å². The number of carbonyl (C=O) groups is 1. The number of sulfonamides is 1. The van der Waals surface area contributed by atoms with Gasteiger partial charge in [-0.3, -0.25) is 4.79 Å². The number of nitrogens with zero attached hydrogens (tertiary/aromatic N) is 1. The van der Waals surface area contributed by atoms with Crippen LogP contribution in [-0.2, 0) is 14.8 Å². The van der Waals surface area contributed by atoms with Gasteiger partial charge in [0.05, 0.1) is 4.90 Å². The highest BCUT2D eigenvalue weighted by atomic mass is 32.2. The summed E-state index contributed by atoms with van der Waals surface area (Å²) in [5, 5.41) is 0. The van der Waals surface area contributed by atoms with E-state index in [9.17, 15) is 13.2 Å². The molecule has 134 valence electrons. The summed E-state index contributed by atoms with van der Waals surface area (Å²) in [7, 11) is -3.70. The van der Waals surface area contributed by atoms with Crippen molar-refractivity contribution in [3.8, 4) is 0 Å². The van der Waals surface area contributed by atoms with E-state index in [4.69, 9.17) is 0 Å². The van der Waals surface area contributed by atoms with Gasteiger partial charge in [-0.2, -0.15) is 16.5 Å². The Bertz CT molecular complexity index is 634. The van der Waals surface area contributed by atoms with Crippen molar-refractivity contribution in [2.24, 2.45) is 0 Å². The maximum absolute atomic E-state index is 12.9. The van der Waals surface area contributed by atoms with Gasteiger partial charge in [0.1, 0.15) is 6.04 Å². The molecule has 1 amide bonds. The summed E-state index contributed by atoms with van der Waals surface area (Å²) < 4.78 is 27.8. The number of benzene rings is 1. The van der Waals surface area contributed by atoms with E-state index >= 15 is 0 Å². The highest BCUT2D eigenvalue weighted by Gasteiger charge is 2.32. The maximum Gasteiger partial charge on any atom is 0.241 e. The van der Waals surface area contributed by atoms with Gasteiger partial charge < -0.3 is 4.90 Å². The molecule has 5 nitrogen and oxygen atoms in total. The number of nitrogens with one attached hydrogen (secondary N) is 1. The third-order valence-corrected chi connectivity index (χ3v) is 6.48. The van der Waals surface area contributed by atoms with Gasteiger partial charge >= 0.3 is 0 Å². The predicted molar refractivity (Wildman–Crippen MR) is 98.6 cm³/mol. The maximum atomic E-state index is 12.9. The molecule has 0 saturated carbocycles. The van der Waals surface area contributed by atoms with Crippen LogP contribution in [0.3, 0.4) is 0 Å². The lowest BCUT2D eigenvalue weighted by molar-refractivity contribution is -0.136. The molecular weight excluding hydrogens is 344 g/mol. The van der Waals surface area contributed by atoms with Crippen molar-refractivity contribution >= 4 is 27.7 Å². The van der Waals surface area contributed by atoms with Gasteiger partial charge in [0.15, 0.2) is 0 Å². The fourth-order valence-electron chi connectivity index (χ4n) is 2.95. The number of hydrogen-bond acceptors (Lipinski definition) is 4. The lowest BCUT2D eigenvalue weighted by Crippen LogP contribution is -2.52. The third-order valence-electron chi connectivity index (χ3n) is 4.35. The molecule has 7 heteroatoms. The van der Waals surface area contributed by atoms with E-state index in [-0.39, 0.29) is 16.8 Å². The Balaban J connectivity index is 2.17. The first kappa shape index (κ1) is 19.3. The van der Waals surface area contributed by atoms with Crippen LogP contribution in [0.15, 0.2) is 35.2 Å². The first-order valence-electron chi connectivity index (χ1n) is 8.32. The van der Waals surface area contributed by atoms with Crippen LogP contribution in [0.4, 0.5) is 0 Å². The van der Waals surface area contributed by atoms with E-state index in [2.05, 4.69) is 4.72 Å². The van der Waals surface area contributed by atoms with Gasteiger partial charge in [-0.15, -0.1) is 0 Å². The van der Waals surface area contributed by atoms with Crippen LogP contribution in [0.2, 0.25) is 0 Å². The van der Waals surface area contributed by atoms with Crippen molar-refractivity contribution in [1.82, 2.24) is 9.62 Å². The molecule has 0 radical (unpaired) electrons. The van der Waals surface area contributed by atoms with E-state index in [0.717, 1.165) is 25.0 Å². The van der Waals surface area contributed by atoms with Gasteiger partial charge in [0.25, 0.3) is 0 Å². The molecule has 1 aliphatic rings. The summed E-state index contributed by atoms with van der Waals surface area (Å²) in [5.74, 6) is 0.631. The molecule has 2 atom stereocenters. The van der Waals surface area contributed by atoms with Gasteiger partial charge in [0, 0.05) is 12.6 Å². The lowest BCUT2D eigenvalue weighted by Gasteiger charge is -2.36. The number of amides is 1. The molecule has 0 spiro atoms. The van der Waals surface area contributed by atoms with Crippen molar-refractivity contribution in [2.75, 3.05) is 18.6 Å². The molecule has 2 unspecified atom stereocenters. The van der Waals surface area contributed by atoms with Crippen molar-refractivity contribution in [3.63, 3.8) is 0 Å². The second-order valence-electron chi connectivity index (χ2n) is 6.14. The summed E-state index contributed by atoms with van der Waals surface area (Å²) >= 11 is 1.61. The molecule has 1 saturated heterocycles. The first-order chi connectivity index (χ1) is 11.5. The number of carbonyl (C=O) groups excluding carboxylic acids is 1. The molecule has 1 aliphatic heterocycles. The summed E-state index contributed by atoms with van der Waals surface area (Å²) in [6, 6.07) is 7.68. The van der Waals surface area contributed by atoms with Crippen LogP contribution in [0, 0.1) is 0 Å². The van der Waals surface area contributed by atoms with Crippen molar-refractivity contribution < 1.29 is 13.2 Å². The monoisotopic (exact) mass is 370 g/mol. The zero-order chi connectivity index (χ0) is 17.6. The summed E-state index contributed by atoms with van der Waals surface area (Å²) in [5.41, 5.74) is 0. The second-order valence-corrected chi connectivity index (χ2v) is 8.84. The predicted octanol–water partition coefficient (Wildman–Crippen LogP) is 2.49. The molecule has 0 bridgehead atoms. The highest BCUT2D eigenvalue weighted by Crippen LogP contribution is 2.19. The normalized spacial score (nSPS) is 19.9. The SMILES string of the molecule is CSCCC(NS(=O)(=O)c1ccccc1)C(=O)N1CCCCC1C. The Morgan fingerprint density at radius 2 is 2.04 bits per heavy atom. The number of likely N-dealkylation sites (tertiary alicyclic amines) is 1. The quantitative estimate of drug-likeness (QED) is 0.801. The Hall–Kier alpha value is -1.05. The molecular formula is C17H26N2O3S2. The van der Waals surface area contributed by atoms with Crippen molar-refractivity contribution in [3.05, 3.63) is 30.3 Å². The van der Waals surface area contributed by atoms with Crippen LogP contribution in [0.1, 0.15) is 32.6 Å². The van der Waals surface area contributed by atoms with Gasteiger partial charge in [-0.1, -0.05) is 18.2 Å². The number of hydrogen-bond donors (Lipinski definition) is 1. The van der Waals surface area contributed by atoms with E-state index in [1.54, 1.807) is 42.1 Å². The van der Waals surface area contributed by atoms with Gasteiger partial charge in [-0.05, 0) is 56.7 Å². The standard InChI is InChI=1S/C17H26N2O3S2/c1-14-8-6-7-12-19(14)17(20)16(11-13-23-2)18-24(21,22)15-9-4-3-5-10-15/h3-5,9-10,14,16,18H,6-8,11-13H2,1-2H3. The zero-order valence-corrected chi connectivity index (χ0v) is 15.9. The van der Waals surface area contributed by atoms with Crippen LogP contribution < -0.4 is 4.72 Å². The van der Waals surface area contributed by atoms with Gasteiger partial charge in [0.2, 0.25) is 15.9 Å². The zero-order valence-electron chi connectivity index (χ0n) is 14.3. The molecule has 2 rings (SSSR count). The lowest BCUT2D eigenvalue weighted by atomic mass is 10.0. The van der Waals surface area contributed by atoms with Crippen LogP contribution in [-0.4, -0.2) is 49.9 Å². The number of thioether (sulfide) groups is 1. The number of rotatable bonds is 7. The summed E-state index contributed by atoms with van der Waals surface area (Å²) in [6.07, 6.45) is 5.53. The third kappa shape index (κ3) is 4.97.